The number of nitrogens with one attached hydrogen (secondary N) is 1. The molecule has 0 radical (unpaired) electrons. The van der Waals surface area contributed by atoms with Crippen molar-refractivity contribution in [3.05, 3.63) is 0 Å². The first-order chi connectivity index (χ1) is 8.13. The molecule has 1 atom stereocenters. The molecule has 0 aromatic rings. The maximum absolute atomic E-state index is 5.81. The van der Waals surface area contributed by atoms with E-state index in [2.05, 4.69) is 31.0 Å². The van der Waals surface area contributed by atoms with Gasteiger partial charge in [0.1, 0.15) is 0 Å². The smallest absolute Gasteiger partial charge is 0.169 e. The molecule has 100 valence electrons. The summed E-state index contributed by atoms with van der Waals surface area (Å²) >= 11 is 5.42. The van der Waals surface area contributed by atoms with E-state index in [1.165, 1.54) is 12.8 Å². The van der Waals surface area contributed by atoms with Gasteiger partial charge in [-0.25, -0.2) is 0 Å². The van der Waals surface area contributed by atoms with Gasteiger partial charge < -0.3 is 15.0 Å². The van der Waals surface area contributed by atoms with Gasteiger partial charge in [-0.05, 0) is 37.4 Å². The van der Waals surface area contributed by atoms with Crippen LogP contribution < -0.4 is 5.32 Å². The zero-order valence-corrected chi connectivity index (χ0v) is 12.2. The van der Waals surface area contributed by atoms with Crippen LogP contribution in [-0.2, 0) is 4.74 Å². The second kappa shape index (κ2) is 7.88. The minimum absolute atomic E-state index is 0.363. The van der Waals surface area contributed by atoms with E-state index in [1.54, 1.807) is 0 Å². The Hall–Kier alpha value is -0.350. The highest BCUT2D eigenvalue weighted by molar-refractivity contribution is 7.80. The summed E-state index contributed by atoms with van der Waals surface area (Å²) in [5.74, 6) is 0.630. The highest BCUT2D eigenvalue weighted by Gasteiger charge is 2.21. The van der Waals surface area contributed by atoms with E-state index < -0.39 is 0 Å². The quantitative estimate of drug-likeness (QED) is 0.765. The van der Waals surface area contributed by atoms with Crippen LogP contribution in [0.4, 0.5) is 0 Å². The van der Waals surface area contributed by atoms with Gasteiger partial charge in [-0.2, -0.15) is 0 Å². The van der Waals surface area contributed by atoms with Crippen molar-refractivity contribution in [2.75, 3.05) is 26.2 Å². The number of hydrogen-bond acceptors (Lipinski definition) is 2. The highest BCUT2D eigenvalue weighted by atomic mass is 32.1. The average Bonchev–Trinajstić information content (AvgIpc) is 2.33. The van der Waals surface area contributed by atoms with Crippen LogP contribution in [0.1, 0.15) is 40.0 Å². The lowest BCUT2D eigenvalue weighted by atomic mass is 10.1. The molecule has 1 unspecified atom stereocenters. The fraction of sp³-hybridized carbons (Fsp3) is 0.923. The fourth-order valence-corrected chi connectivity index (χ4v) is 2.20. The van der Waals surface area contributed by atoms with Crippen molar-refractivity contribution in [2.24, 2.45) is 5.92 Å². The highest BCUT2D eigenvalue weighted by Crippen LogP contribution is 2.13. The molecular weight excluding hydrogens is 232 g/mol. The van der Waals surface area contributed by atoms with Gasteiger partial charge in [0, 0.05) is 26.2 Å². The second-order valence-corrected chi connectivity index (χ2v) is 5.55. The summed E-state index contributed by atoms with van der Waals surface area (Å²) in [4.78, 5) is 2.25. The Kier molecular flexibility index (Phi) is 6.82. The van der Waals surface area contributed by atoms with Crippen molar-refractivity contribution in [1.29, 1.82) is 0 Å². The fourth-order valence-electron chi connectivity index (χ4n) is 1.95. The monoisotopic (exact) mass is 258 g/mol. The standard InChI is InChI=1S/C13H26N2OS/c1-4-8-16-12-6-5-7-15(10-12)13(17)14-9-11(2)3/h11-12H,4-10H2,1-3H3,(H,14,17). The van der Waals surface area contributed by atoms with Gasteiger partial charge in [0.2, 0.25) is 0 Å². The summed E-state index contributed by atoms with van der Waals surface area (Å²) in [6.45, 7) is 10.4. The van der Waals surface area contributed by atoms with Gasteiger partial charge in [0.05, 0.1) is 6.10 Å². The van der Waals surface area contributed by atoms with Crippen molar-refractivity contribution >= 4 is 17.3 Å². The minimum Gasteiger partial charge on any atom is -0.376 e. The Morgan fingerprint density at radius 2 is 2.29 bits per heavy atom. The molecule has 1 saturated heterocycles. The van der Waals surface area contributed by atoms with E-state index in [4.69, 9.17) is 17.0 Å². The third-order valence-corrected chi connectivity index (χ3v) is 3.29. The molecular formula is C13H26N2OS. The van der Waals surface area contributed by atoms with Crippen molar-refractivity contribution in [2.45, 2.75) is 46.1 Å². The molecule has 3 nitrogen and oxygen atoms in total. The van der Waals surface area contributed by atoms with Crippen molar-refractivity contribution in [3.63, 3.8) is 0 Å². The molecule has 1 aliphatic rings. The zero-order valence-electron chi connectivity index (χ0n) is 11.4. The molecule has 0 aliphatic carbocycles. The largest absolute Gasteiger partial charge is 0.376 e. The normalized spacial score (nSPS) is 20.7. The molecule has 0 aromatic carbocycles. The van der Waals surface area contributed by atoms with E-state index in [9.17, 15) is 0 Å². The Morgan fingerprint density at radius 1 is 1.53 bits per heavy atom. The molecule has 1 rings (SSSR count). The molecule has 0 aromatic heterocycles. The summed E-state index contributed by atoms with van der Waals surface area (Å²) in [5.41, 5.74) is 0. The van der Waals surface area contributed by atoms with E-state index in [0.29, 0.717) is 12.0 Å². The predicted octanol–water partition coefficient (Wildman–Crippen LogP) is 2.41. The Morgan fingerprint density at radius 3 is 2.94 bits per heavy atom. The van der Waals surface area contributed by atoms with Crippen molar-refractivity contribution in [1.82, 2.24) is 10.2 Å². The number of rotatable bonds is 5. The third kappa shape index (κ3) is 5.68. The SMILES string of the molecule is CCCOC1CCCN(C(=S)NCC(C)C)C1. The minimum atomic E-state index is 0.363. The molecule has 1 N–H and O–H groups in total. The summed E-state index contributed by atoms with van der Waals surface area (Å²) in [5, 5.41) is 4.22. The van der Waals surface area contributed by atoms with Crippen LogP contribution >= 0.6 is 12.2 Å². The number of nitrogens with zero attached hydrogens (tertiary/aromatic N) is 1. The first-order valence-electron chi connectivity index (χ1n) is 6.77. The second-order valence-electron chi connectivity index (χ2n) is 5.16. The van der Waals surface area contributed by atoms with Crippen molar-refractivity contribution in [3.8, 4) is 0 Å². The molecule has 1 aliphatic heterocycles. The van der Waals surface area contributed by atoms with Crippen LogP contribution in [0, 0.1) is 5.92 Å². The van der Waals surface area contributed by atoms with E-state index in [1.807, 2.05) is 0 Å². The molecule has 0 spiro atoms. The summed E-state index contributed by atoms with van der Waals surface area (Å²) in [6.07, 6.45) is 3.80. The lowest BCUT2D eigenvalue weighted by Crippen LogP contribution is -2.48. The first-order valence-corrected chi connectivity index (χ1v) is 7.18. The third-order valence-electron chi connectivity index (χ3n) is 2.88. The van der Waals surface area contributed by atoms with E-state index >= 15 is 0 Å². The van der Waals surface area contributed by atoms with Gasteiger partial charge in [-0.1, -0.05) is 20.8 Å². The summed E-state index contributed by atoms with van der Waals surface area (Å²) in [6, 6.07) is 0. The Balaban J connectivity index is 2.30. The molecule has 1 fully saturated rings. The Bertz CT molecular complexity index is 233. The van der Waals surface area contributed by atoms with Crippen LogP contribution in [-0.4, -0.2) is 42.4 Å². The first kappa shape index (κ1) is 14.7. The number of hydrogen-bond donors (Lipinski definition) is 1. The van der Waals surface area contributed by atoms with Gasteiger partial charge in [0.15, 0.2) is 5.11 Å². The number of thiocarbonyl (C=S) groups is 1. The summed E-state index contributed by atoms with van der Waals surface area (Å²) in [7, 11) is 0. The van der Waals surface area contributed by atoms with Crippen LogP contribution in [0.5, 0.6) is 0 Å². The maximum Gasteiger partial charge on any atom is 0.169 e. The van der Waals surface area contributed by atoms with Crippen LogP contribution in [0.15, 0.2) is 0 Å². The lowest BCUT2D eigenvalue weighted by Gasteiger charge is -2.34. The lowest BCUT2D eigenvalue weighted by molar-refractivity contribution is 0.0164. The van der Waals surface area contributed by atoms with Gasteiger partial charge in [-0.3, -0.25) is 0 Å². The molecule has 17 heavy (non-hydrogen) atoms. The average molecular weight is 258 g/mol. The number of ether oxygens (including phenoxy) is 1. The number of piperidine rings is 1. The van der Waals surface area contributed by atoms with E-state index in [-0.39, 0.29) is 0 Å². The molecule has 0 bridgehead atoms. The molecule has 0 saturated carbocycles. The molecule has 4 heteroatoms. The molecule has 0 amide bonds. The van der Waals surface area contributed by atoms with Crippen LogP contribution in [0.3, 0.4) is 0 Å². The summed E-state index contributed by atoms with van der Waals surface area (Å²) < 4.78 is 5.81. The van der Waals surface area contributed by atoms with Gasteiger partial charge in [-0.15, -0.1) is 0 Å². The zero-order chi connectivity index (χ0) is 12.7. The molecule has 1 heterocycles. The van der Waals surface area contributed by atoms with Gasteiger partial charge >= 0.3 is 0 Å². The van der Waals surface area contributed by atoms with E-state index in [0.717, 1.165) is 37.8 Å². The number of likely N-dealkylation sites (tertiary alicyclic amines) is 1. The Labute approximate surface area is 111 Å². The maximum atomic E-state index is 5.81. The van der Waals surface area contributed by atoms with Crippen molar-refractivity contribution < 1.29 is 4.74 Å². The van der Waals surface area contributed by atoms with Gasteiger partial charge in [0.25, 0.3) is 0 Å². The predicted molar refractivity (Wildman–Crippen MR) is 76.3 cm³/mol. The topological polar surface area (TPSA) is 24.5 Å². The van der Waals surface area contributed by atoms with Crippen LogP contribution in [0.25, 0.3) is 0 Å². The van der Waals surface area contributed by atoms with Crippen LogP contribution in [0.2, 0.25) is 0 Å².